The van der Waals surface area contributed by atoms with E-state index >= 15 is 0 Å². The zero-order valence-corrected chi connectivity index (χ0v) is 16.8. The fraction of sp³-hybridized carbons (Fsp3) is 0.765. The molecule has 2 fully saturated rings. The van der Waals surface area contributed by atoms with E-state index in [0.717, 1.165) is 31.6 Å². The summed E-state index contributed by atoms with van der Waals surface area (Å²) in [5, 5.41) is 1.21. The molecule has 3 rings (SSSR count). The van der Waals surface area contributed by atoms with Crippen LogP contribution in [0.4, 0.5) is 0 Å². The van der Waals surface area contributed by atoms with E-state index in [0.29, 0.717) is 31.8 Å². The van der Waals surface area contributed by atoms with Gasteiger partial charge in [-0.2, -0.15) is 0 Å². The Kier molecular flexibility index (Phi) is 5.51. The molecule has 0 unspecified atom stereocenters. The monoisotopic (exact) mass is 385 g/mol. The number of likely N-dealkylation sites (tertiary alicyclic amines) is 1. The lowest BCUT2D eigenvalue weighted by molar-refractivity contribution is -0.137. The van der Waals surface area contributed by atoms with Crippen molar-refractivity contribution in [1.29, 1.82) is 0 Å². The van der Waals surface area contributed by atoms with Gasteiger partial charge in [-0.25, -0.2) is 17.7 Å². The van der Waals surface area contributed by atoms with E-state index in [2.05, 4.69) is 18.8 Å². The first-order chi connectivity index (χ1) is 11.8. The quantitative estimate of drug-likeness (QED) is 0.799. The topological polar surface area (TPSA) is 70.6 Å². The summed E-state index contributed by atoms with van der Waals surface area (Å²) in [4.78, 5) is 20.7. The van der Waals surface area contributed by atoms with Gasteiger partial charge < -0.3 is 4.90 Å². The van der Waals surface area contributed by atoms with Gasteiger partial charge in [-0.1, -0.05) is 0 Å². The van der Waals surface area contributed by atoms with E-state index in [1.807, 2.05) is 4.90 Å². The van der Waals surface area contributed by atoms with Crippen LogP contribution in [0.15, 0.2) is 0 Å². The van der Waals surface area contributed by atoms with Crippen LogP contribution in [0.1, 0.15) is 47.2 Å². The van der Waals surface area contributed by atoms with Crippen LogP contribution in [0.3, 0.4) is 0 Å². The summed E-state index contributed by atoms with van der Waals surface area (Å²) in [7, 11) is -3.14. The van der Waals surface area contributed by atoms with E-state index in [1.54, 1.807) is 11.3 Å². The maximum atomic E-state index is 12.8. The predicted octanol–water partition coefficient (Wildman–Crippen LogP) is 2.14. The second kappa shape index (κ2) is 7.32. The molecule has 0 N–H and O–H groups in total. The molecule has 0 saturated carbocycles. The number of thiazole rings is 1. The molecule has 1 aromatic rings. The summed E-state index contributed by atoms with van der Waals surface area (Å²) in [6.07, 6.45) is 4.45. The fourth-order valence-electron chi connectivity index (χ4n) is 3.71. The van der Waals surface area contributed by atoms with Crippen molar-refractivity contribution in [2.24, 2.45) is 5.92 Å². The molecule has 25 heavy (non-hydrogen) atoms. The van der Waals surface area contributed by atoms with E-state index in [9.17, 15) is 13.2 Å². The first kappa shape index (κ1) is 18.8. The highest BCUT2D eigenvalue weighted by Crippen LogP contribution is 2.33. The number of hydrogen-bond donors (Lipinski definition) is 0. The van der Waals surface area contributed by atoms with Crippen LogP contribution in [0, 0.1) is 19.8 Å². The lowest BCUT2D eigenvalue weighted by atomic mass is 9.93. The van der Waals surface area contributed by atoms with Crippen LogP contribution in [-0.4, -0.2) is 60.9 Å². The molecular weight excluding hydrogens is 358 g/mol. The fourth-order valence-corrected chi connectivity index (χ4v) is 5.68. The van der Waals surface area contributed by atoms with Crippen LogP contribution in [0.2, 0.25) is 0 Å². The van der Waals surface area contributed by atoms with Crippen LogP contribution < -0.4 is 0 Å². The molecule has 0 aliphatic carbocycles. The van der Waals surface area contributed by atoms with Crippen LogP contribution >= 0.6 is 11.3 Å². The molecule has 0 aromatic carbocycles. The Labute approximate surface area is 154 Å². The lowest BCUT2D eigenvalue weighted by Crippen LogP contribution is -2.46. The van der Waals surface area contributed by atoms with Crippen molar-refractivity contribution in [3.05, 3.63) is 15.6 Å². The highest BCUT2D eigenvalue weighted by Gasteiger charge is 2.33. The Morgan fingerprint density at radius 1 is 1.08 bits per heavy atom. The molecule has 2 aliphatic heterocycles. The van der Waals surface area contributed by atoms with Crippen molar-refractivity contribution in [2.45, 2.75) is 45.4 Å². The normalized spacial score (nSPS) is 21.6. The van der Waals surface area contributed by atoms with Crippen LogP contribution in [0.5, 0.6) is 0 Å². The standard InChI is InChI=1S/C17H27N3O3S2/c1-12-13(2)24-16(18-12)14-4-8-19(9-5-14)17(21)15-6-10-20(11-7-15)25(3,22)23/h14-15H,4-11H2,1-3H3. The van der Waals surface area contributed by atoms with Gasteiger partial charge in [-0.15, -0.1) is 11.3 Å². The second-order valence-electron chi connectivity index (χ2n) is 7.23. The minimum Gasteiger partial charge on any atom is -0.342 e. The molecule has 2 saturated heterocycles. The minimum absolute atomic E-state index is 0.0288. The number of hydrogen-bond acceptors (Lipinski definition) is 5. The summed E-state index contributed by atoms with van der Waals surface area (Å²) in [6.45, 7) is 6.66. The zero-order chi connectivity index (χ0) is 18.2. The van der Waals surface area contributed by atoms with Crippen molar-refractivity contribution in [3.63, 3.8) is 0 Å². The summed E-state index contributed by atoms with van der Waals surface area (Å²) in [5.41, 5.74) is 1.12. The van der Waals surface area contributed by atoms with Crippen molar-refractivity contribution >= 4 is 27.3 Å². The number of sulfonamides is 1. The first-order valence-electron chi connectivity index (χ1n) is 8.93. The molecule has 0 spiro atoms. The Hall–Kier alpha value is -0.990. The van der Waals surface area contributed by atoms with Gasteiger partial charge in [-0.05, 0) is 39.5 Å². The van der Waals surface area contributed by atoms with E-state index in [1.165, 1.54) is 20.4 Å². The van der Waals surface area contributed by atoms with Gasteiger partial charge >= 0.3 is 0 Å². The van der Waals surface area contributed by atoms with Crippen molar-refractivity contribution in [1.82, 2.24) is 14.2 Å². The number of aromatic nitrogens is 1. The van der Waals surface area contributed by atoms with Gasteiger partial charge in [0.05, 0.1) is 17.0 Å². The number of carbonyl (C=O) groups excluding carboxylic acids is 1. The van der Waals surface area contributed by atoms with Gasteiger partial charge in [0, 0.05) is 42.9 Å². The zero-order valence-electron chi connectivity index (χ0n) is 15.2. The summed E-state index contributed by atoms with van der Waals surface area (Å²) < 4.78 is 24.7. The number of rotatable bonds is 3. The van der Waals surface area contributed by atoms with Gasteiger partial charge in [0.2, 0.25) is 15.9 Å². The molecule has 0 radical (unpaired) electrons. The predicted molar refractivity (Wildman–Crippen MR) is 99.3 cm³/mol. The third-order valence-corrected chi connectivity index (χ3v) is 8.01. The molecule has 2 aliphatic rings. The van der Waals surface area contributed by atoms with Crippen LogP contribution in [-0.2, 0) is 14.8 Å². The molecule has 0 atom stereocenters. The van der Waals surface area contributed by atoms with Crippen molar-refractivity contribution in [2.75, 3.05) is 32.4 Å². The SMILES string of the molecule is Cc1nc(C2CCN(C(=O)C3CCN(S(C)(=O)=O)CC3)CC2)sc1C. The van der Waals surface area contributed by atoms with Crippen LogP contribution in [0.25, 0.3) is 0 Å². The molecule has 1 amide bonds. The number of carbonyl (C=O) groups is 1. The Balaban J connectivity index is 1.52. The summed E-state index contributed by atoms with van der Waals surface area (Å²) >= 11 is 1.78. The smallest absolute Gasteiger partial charge is 0.225 e. The number of aryl methyl sites for hydroxylation is 2. The third kappa shape index (κ3) is 4.23. The molecule has 8 heteroatoms. The minimum atomic E-state index is -3.14. The van der Waals surface area contributed by atoms with Gasteiger partial charge in [0.1, 0.15) is 0 Å². The average Bonchev–Trinajstić information content (AvgIpc) is 2.93. The second-order valence-corrected chi connectivity index (χ2v) is 10.4. The summed E-state index contributed by atoms with van der Waals surface area (Å²) in [6, 6.07) is 0. The van der Waals surface area contributed by atoms with Gasteiger partial charge in [-0.3, -0.25) is 4.79 Å². The number of nitrogens with zero attached hydrogens (tertiary/aromatic N) is 3. The van der Waals surface area contributed by atoms with Crippen molar-refractivity contribution in [3.8, 4) is 0 Å². The Bertz CT molecular complexity index is 709. The molecular formula is C17H27N3O3S2. The van der Waals surface area contributed by atoms with E-state index in [4.69, 9.17) is 0 Å². The number of piperidine rings is 2. The molecule has 3 heterocycles. The Morgan fingerprint density at radius 2 is 1.68 bits per heavy atom. The maximum Gasteiger partial charge on any atom is 0.225 e. The van der Waals surface area contributed by atoms with Crippen molar-refractivity contribution < 1.29 is 13.2 Å². The largest absolute Gasteiger partial charge is 0.342 e. The first-order valence-corrected chi connectivity index (χ1v) is 11.6. The van der Waals surface area contributed by atoms with E-state index < -0.39 is 10.0 Å². The van der Waals surface area contributed by atoms with E-state index in [-0.39, 0.29) is 11.8 Å². The third-order valence-electron chi connectivity index (χ3n) is 5.47. The lowest BCUT2D eigenvalue weighted by Gasteiger charge is -2.36. The molecule has 1 aromatic heterocycles. The maximum absolute atomic E-state index is 12.8. The van der Waals surface area contributed by atoms with Gasteiger partial charge in [0.15, 0.2) is 0 Å². The number of amides is 1. The highest BCUT2D eigenvalue weighted by molar-refractivity contribution is 7.88. The average molecular weight is 386 g/mol. The Morgan fingerprint density at radius 3 is 2.16 bits per heavy atom. The molecule has 140 valence electrons. The summed E-state index contributed by atoms with van der Waals surface area (Å²) in [5.74, 6) is 0.644. The highest BCUT2D eigenvalue weighted by atomic mass is 32.2. The van der Waals surface area contributed by atoms with Gasteiger partial charge in [0.25, 0.3) is 0 Å². The molecule has 6 nitrogen and oxygen atoms in total. The molecule has 0 bridgehead atoms.